The van der Waals surface area contributed by atoms with Gasteiger partial charge >= 0.3 is 0 Å². The fraction of sp³-hybridized carbons (Fsp3) is 0. The quantitative estimate of drug-likeness (QED) is 0.475. The summed E-state index contributed by atoms with van der Waals surface area (Å²) >= 11 is 0. The van der Waals surface area contributed by atoms with Gasteiger partial charge < -0.3 is 0 Å². The standard InChI is InChI=1S/C18H11N2/c1-2-5-13(6-3-1)16-11-15-9-8-14-7-4-10-19-17(14)18(15)20-12-16/h1-2,4-12H. The van der Waals surface area contributed by atoms with Crippen molar-refractivity contribution in [2.24, 2.45) is 0 Å². The second kappa shape index (κ2) is 4.42. The Kier molecular flexibility index (Phi) is 2.46. The first-order chi connectivity index (χ1) is 9.92. The zero-order valence-electron chi connectivity index (χ0n) is 10.7. The van der Waals surface area contributed by atoms with Crippen molar-refractivity contribution in [3.05, 3.63) is 73.1 Å². The molecule has 0 bridgehead atoms. The van der Waals surface area contributed by atoms with Crippen LogP contribution >= 0.6 is 0 Å². The summed E-state index contributed by atoms with van der Waals surface area (Å²) in [5.41, 5.74) is 4.13. The minimum atomic E-state index is 0.951. The lowest BCUT2D eigenvalue weighted by atomic mass is 10.0. The summed E-state index contributed by atoms with van der Waals surface area (Å²) in [6.45, 7) is 0. The molecule has 4 rings (SSSR count). The van der Waals surface area contributed by atoms with Crippen LogP contribution < -0.4 is 0 Å². The Bertz CT molecular complexity index is 899. The number of hydrogen-bond acceptors (Lipinski definition) is 2. The van der Waals surface area contributed by atoms with Crippen LogP contribution in [0, 0.1) is 6.07 Å². The van der Waals surface area contributed by atoms with E-state index in [-0.39, 0.29) is 0 Å². The van der Waals surface area contributed by atoms with Crippen LogP contribution in [0.1, 0.15) is 0 Å². The Balaban J connectivity index is 1.99. The van der Waals surface area contributed by atoms with Crippen LogP contribution in [0.5, 0.6) is 0 Å². The molecule has 0 spiro atoms. The van der Waals surface area contributed by atoms with E-state index in [2.05, 4.69) is 46.4 Å². The Morgan fingerprint density at radius 2 is 1.70 bits per heavy atom. The van der Waals surface area contributed by atoms with E-state index in [1.807, 2.05) is 36.7 Å². The first kappa shape index (κ1) is 11.1. The number of nitrogens with zero attached hydrogens (tertiary/aromatic N) is 2. The highest BCUT2D eigenvalue weighted by molar-refractivity contribution is 6.03. The maximum atomic E-state index is 4.61. The minimum absolute atomic E-state index is 0.951. The smallest absolute Gasteiger partial charge is 0.0964 e. The second-order valence-corrected chi connectivity index (χ2v) is 4.73. The van der Waals surface area contributed by atoms with Crippen molar-refractivity contribution < 1.29 is 0 Å². The number of aromatic nitrogens is 2. The van der Waals surface area contributed by atoms with Gasteiger partial charge in [-0.05, 0) is 29.8 Å². The summed E-state index contributed by atoms with van der Waals surface area (Å²) in [7, 11) is 0. The molecule has 0 atom stereocenters. The van der Waals surface area contributed by atoms with Crippen molar-refractivity contribution in [3.63, 3.8) is 0 Å². The van der Waals surface area contributed by atoms with Gasteiger partial charge in [0.15, 0.2) is 0 Å². The Morgan fingerprint density at radius 1 is 0.800 bits per heavy atom. The molecule has 0 N–H and O–H groups in total. The maximum Gasteiger partial charge on any atom is 0.0964 e. The molecule has 0 saturated heterocycles. The zero-order chi connectivity index (χ0) is 13.4. The van der Waals surface area contributed by atoms with Crippen molar-refractivity contribution in [2.45, 2.75) is 0 Å². The summed E-state index contributed by atoms with van der Waals surface area (Å²) in [6.07, 6.45) is 3.71. The predicted octanol–water partition coefficient (Wildman–Crippen LogP) is 4.25. The molecule has 0 amide bonds. The molecule has 4 aromatic rings. The van der Waals surface area contributed by atoms with Gasteiger partial charge in [0, 0.05) is 28.7 Å². The molecule has 2 heteroatoms. The molecule has 0 aliphatic heterocycles. The van der Waals surface area contributed by atoms with Gasteiger partial charge in [0.1, 0.15) is 0 Å². The molecule has 0 aliphatic carbocycles. The maximum absolute atomic E-state index is 4.61. The third-order valence-corrected chi connectivity index (χ3v) is 3.46. The van der Waals surface area contributed by atoms with Crippen molar-refractivity contribution in [1.29, 1.82) is 0 Å². The van der Waals surface area contributed by atoms with Gasteiger partial charge in [-0.25, -0.2) is 0 Å². The Hall–Kier alpha value is -2.74. The summed E-state index contributed by atoms with van der Waals surface area (Å²) in [4.78, 5) is 9.05. The van der Waals surface area contributed by atoms with E-state index in [1.165, 1.54) is 0 Å². The largest absolute Gasteiger partial charge is 0.254 e. The lowest BCUT2D eigenvalue weighted by Gasteiger charge is -2.05. The average molecular weight is 255 g/mol. The zero-order valence-corrected chi connectivity index (χ0v) is 10.7. The molecule has 1 radical (unpaired) electrons. The summed E-state index contributed by atoms with van der Waals surface area (Å²) in [5, 5.41) is 2.23. The second-order valence-electron chi connectivity index (χ2n) is 4.73. The molecule has 2 nitrogen and oxygen atoms in total. The average Bonchev–Trinajstić information content (AvgIpc) is 2.55. The van der Waals surface area contributed by atoms with Crippen LogP contribution in [-0.2, 0) is 0 Å². The lowest BCUT2D eigenvalue weighted by Crippen LogP contribution is -1.86. The van der Waals surface area contributed by atoms with Crippen LogP contribution in [-0.4, -0.2) is 9.97 Å². The fourth-order valence-electron chi connectivity index (χ4n) is 2.47. The van der Waals surface area contributed by atoms with E-state index in [1.54, 1.807) is 0 Å². The van der Waals surface area contributed by atoms with E-state index in [0.717, 1.165) is 32.9 Å². The van der Waals surface area contributed by atoms with Crippen molar-refractivity contribution in [3.8, 4) is 11.1 Å². The minimum Gasteiger partial charge on any atom is -0.254 e. The third-order valence-electron chi connectivity index (χ3n) is 3.46. The normalized spacial score (nSPS) is 11.0. The van der Waals surface area contributed by atoms with Gasteiger partial charge in [0.05, 0.1) is 11.0 Å². The van der Waals surface area contributed by atoms with E-state index in [0.29, 0.717) is 0 Å². The van der Waals surface area contributed by atoms with Gasteiger partial charge in [0.25, 0.3) is 0 Å². The summed E-state index contributed by atoms with van der Waals surface area (Å²) in [6, 6.07) is 21.4. The van der Waals surface area contributed by atoms with Gasteiger partial charge in [-0.1, -0.05) is 36.4 Å². The predicted molar refractivity (Wildman–Crippen MR) is 81.3 cm³/mol. The lowest BCUT2D eigenvalue weighted by molar-refractivity contribution is 1.37. The number of hydrogen-bond donors (Lipinski definition) is 0. The topological polar surface area (TPSA) is 25.8 Å². The molecule has 0 fully saturated rings. The molecular formula is C18H11N2. The third kappa shape index (κ3) is 1.74. The number of fused-ring (bicyclic) bond motifs is 3. The van der Waals surface area contributed by atoms with Gasteiger partial charge in [-0.3, -0.25) is 9.97 Å². The van der Waals surface area contributed by atoms with E-state index in [4.69, 9.17) is 0 Å². The highest BCUT2D eigenvalue weighted by Crippen LogP contribution is 2.26. The van der Waals surface area contributed by atoms with Crippen LogP contribution in [0.25, 0.3) is 32.9 Å². The van der Waals surface area contributed by atoms with E-state index >= 15 is 0 Å². The highest BCUT2D eigenvalue weighted by Gasteiger charge is 2.04. The molecule has 2 aromatic carbocycles. The summed E-state index contributed by atoms with van der Waals surface area (Å²) < 4.78 is 0. The van der Waals surface area contributed by atoms with Crippen LogP contribution in [0.4, 0.5) is 0 Å². The molecule has 93 valence electrons. The summed E-state index contributed by atoms with van der Waals surface area (Å²) in [5.74, 6) is 0. The monoisotopic (exact) mass is 255 g/mol. The molecule has 0 aliphatic rings. The van der Waals surface area contributed by atoms with Gasteiger partial charge in [0.2, 0.25) is 0 Å². The van der Waals surface area contributed by atoms with Crippen molar-refractivity contribution >= 4 is 21.8 Å². The Labute approximate surface area is 116 Å². The molecule has 20 heavy (non-hydrogen) atoms. The number of pyridine rings is 2. The molecule has 2 heterocycles. The number of benzene rings is 2. The SMILES string of the molecule is [c]1cccc(-c2cnc3c(ccc4cccnc43)c2)c1. The first-order valence-electron chi connectivity index (χ1n) is 6.52. The molecule has 0 unspecified atom stereocenters. The van der Waals surface area contributed by atoms with Gasteiger partial charge in [-0.2, -0.15) is 0 Å². The fourth-order valence-corrected chi connectivity index (χ4v) is 2.47. The Morgan fingerprint density at radius 3 is 2.60 bits per heavy atom. The van der Waals surface area contributed by atoms with Crippen molar-refractivity contribution in [1.82, 2.24) is 9.97 Å². The highest BCUT2D eigenvalue weighted by atomic mass is 14.7. The number of rotatable bonds is 1. The molecule has 0 saturated carbocycles. The first-order valence-corrected chi connectivity index (χ1v) is 6.52. The van der Waals surface area contributed by atoms with Crippen LogP contribution in [0.2, 0.25) is 0 Å². The van der Waals surface area contributed by atoms with Gasteiger partial charge in [-0.15, -0.1) is 0 Å². The van der Waals surface area contributed by atoms with E-state index < -0.39 is 0 Å². The van der Waals surface area contributed by atoms with Crippen LogP contribution in [0.15, 0.2) is 67.0 Å². The van der Waals surface area contributed by atoms with Crippen LogP contribution in [0.3, 0.4) is 0 Å². The van der Waals surface area contributed by atoms with E-state index in [9.17, 15) is 0 Å². The molecule has 2 aromatic heterocycles. The molecular weight excluding hydrogens is 244 g/mol. The van der Waals surface area contributed by atoms with Crippen molar-refractivity contribution in [2.75, 3.05) is 0 Å².